The van der Waals surface area contributed by atoms with Gasteiger partial charge in [0.15, 0.2) is 0 Å². The van der Waals surface area contributed by atoms with Crippen LogP contribution in [0.1, 0.15) is 5.56 Å². The van der Waals surface area contributed by atoms with E-state index in [0.717, 1.165) is 11.3 Å². The molecule has 0 saturated heterocycles. The van der Waals surface area contributed by atoms with Crippen molar-refractivity contribution in [1.29, 1.82) is 0 Å². The summed E-state index contributed by atoms with van der Waals surface area (Å²) in [4.78, 5) is 1.43. The first-order chi connectivity index (χ1) is 8.72. The summed E-state index contributed by atoms with van der Waals surface area (Å²) in [5, 5.41) is 16.2. The SMILES string of the molecule is Cc1ccc(-n2cc(-c3nnn(C)n3)cn2)cc1. The predicted octanol–water partition coefficient (Wildman–Crippen LogP) is 1.37. The van der Waals surface area contributed by atoms with Crippen LogP contribution in [-0.4, -0.2) is 30.0 Å². The molecule has 0 spiro atoms. The van der Waals surface area contributed by atoms with Gasteiger partial charge >= 0.3 is 0 Å². The third kappa shape index (κ3) is 1.88. The zero-order chi connectivity index (χ0) is 12.5. The summed E-state index contributed by atoms with van der Waals surface area (Å²) < 4.78 is 1.80. The van der Waals surface area contributed by atoms with E-state index in [9.17, 15) is 0 Å². The molecular weight excluding hydrogens is 228 g/mol. The van der Waals surface area contributed by atoms with Gasteiger partial charge in [0.25, 0.3) is 0 Å². The second kappa shape index (κ2) is 4.06. The maximum Gasteiger partial charge on any atom is 0.208 e. The summed E-state index contributed by atoms with van der Waals surface area (Å²) in [6.07, 6.45) is 3.62. The van der Waals surface area contributed by atoms with Crippen LogP contribution in [-0.2, 0) is 7.05 Å². The molecule has 0 fully saturated rings. The van der Waals surface area contributed by atoms with Gasteiger partial charge in [0.2, 0.25) is 5.82 Å². The summed E-state index contributed by atoms with van der Waals surface area (Å²) in [5.74, 6) is 0.580. The fourth-order valence-corrected chi connectivity index (χ4v) is 1.68. The van der Waals surface area contributed by atoms with E-state index in [-0.39, 0.29) is 0 Å². The molecule has 3 aromatic rings. The molecule has 3 rings (SSSR count). The first kappa shape index (κ1) is 10.6. The molecule has 2 heterocycles. The van der Waals surface area contributed by atoms with Crippen molar-refractivity contribution in [2.24, 2.45) is 7.05 Å². The molecule has 0 aliphatic carbocycles. The standard InChI is InChI=1S/C12H12N6/c1-9-3-5-11(6-4-9)18-8-10(7-13-18)12-14-16-17(2)15-12/h3-8H,1-2H3. The molecule has 0 aliphatic heterocycles. The molecule has 0 unspecified atom stereocenters. The minimum absolute atomic E-state index is 0.580. The van der Waals surface area contributed by atoms with Crippen LogP contribution < -0.4 is 0 Å². The highest BCUT2D eigenvalue weighted by Crippen LogP contribution is 2.15. The van der Waals surface area contributed by atoms with Crippen LogP contribution >= 0.6 is 0 Å². The maximum absolute atomic E-state index is 4.30. The van der Waals surface area contributed by atoms with E-state index in [4.69, 9.17) is 0 Å². The number of aryl methyl sites for hydroxylation is 2. The molecule has 90 valence electrons. The molecule has 0 radical (unpaired) electrons. The number of benzene rings is 1. The molecule has 2 aromatic heterocycles. The van der Waals surface area contributed by atoms with Crippen LogP contribution in [0.3, 0.4) is 0 Å². The van der Waals surface area contributed by atoms with Crippen molar-refractivity contribution in [1.82, 2.24) is 30.0 Å². The van der Waals surface area contributed by atoms with E-state index >= 15 is 0 Å². The van der Waals surface area contributed by atoms with E-state index < -0.39 is 0 Å². The Bertz CT molecular complexity index is 664. The minimum atomic E-state index is 0.580. The molecule has 1 aromatic carbocycles. The topological polar surface area (TPSA) is 61.4 Å². The summed E-state index contributed by atoms with van der Waals surface area (Å²) in [7, 11) is 1.74. The maximum atomic E-state index is 4.30. The molecule has 0 amide bonds. The van der Waals surface area contributed by atoms with Crippen molar-refractivity contribution in [3.8, 4) is 17.1 Å². The van der Waals surface area contributed by atoms with Crippen LogP contribution in [0.4, 0.5) is 0 Å². The highest BCUT2D eigenvalue weighted by atomic mass is 15.6. The fourth-order valence-electron chi connectivity index (χ4n) is 1.68. The van der Waals surface area contributed by atoms with Crippen LogP contribution in [0.5, 0.6) is 0 Å². The average molecular weight is 240 g/mol. The van der Waals surface area contributed by atoms with Crippen molar-refractivity contribution >= 4 is 0 Å². The Labute approximate surface area is 104 Å². The van der Waals surface area contributed by atoms with Gasteiger partial charge < -0.3 is 0 Å². The number of rotatable bonds is 2. The smallest absolute Gasteiger partial charge is 0.208 e. The lowest BCUT2D eigenvalue weighted by atomic mass is 10.2. The Morgan fingerprint density at radius 3 is 2.56 bits per heavy atom. The van der Waals surface area contributed by atoms with E-state index in [1.165, 1.54) is 10.4 Å². The molecule has 6 nitrogen and oxygen atoms in total. The van der Waals surface area contributed by atoms with Gasteiger partial charge in [-0.3, -0.25) is 0 Å². The van der Waals surface area contributed by atoms with E-state index in [1.807, 2.05) is 18.3 Å². The van der Waals surface area contributed by atoms with Crippen molar-refractivity contribution in [2.75, 3.05) is 0 Å². The molecule has 18 heavy (non-hydrogen) atoms. The Morgan fingerprint density at radius 1 is 1.11 bits per heavy atom. The second-order valence-electron chi connectivity index (χ2n) is 4.11. The Balaban J connectivity index is 1.96. The molecule has 0 aliphatic rings. The van der Waals surface area contributed by atoms with Crippen molar-refractivity contribution in [3.63, 3.8) is 0 Å². The number of nitrogens with zero attached hydrogens (tertiary/aromatic N) is 6. The zero-order valence-electron chi connectivity index (χ0n) is 10.1. The summed E-state index contributed by atoms with van der Waals surface area (Å²) in [6, 6.07) is 8.15. The Hall–Kier alpha value is -2.50. The lowest BCUT2D eigenvalue weighted by molar-refractivity contribution is 0.630. The Morgan fingerprint density at radius 2 is 1.89 bits per heavy atom. The minimum Gasteiger partial charge on any atom is -0.240 e. The summed E-state index contributed by atoms with van der Waals surface area (Å²) in [6.45, 7) is 2.06. The van der Waals surface area contributed by atoms with Gasteiger partial charge in [-0.1, -0.05) is 17.7 Å². The monoisotopic (exact) mass is 240 g/mol. The first-order valence-corrected chi connectivity index (χ1v) is 5.58. The molecule has 0 saturated carbocycles. The molecule has 0 N–H and O–H groups in total. The fraction of sp³-hybridized carbons (Fsp3) is 0.167. The second-order valence-corrected chi connectivity index (χ2v) is 4.11. The van der Waals surface area contributed by atoms with Gasteiger partial charge in [-0.25, -0.2) is 4.68 Å². The number of tetrazole rings is 1. The van der Waals surface area contributed by atoms with Crippen LogP contribution in [0.25, 0.3) is 17.1 Å². The molecule has 6 heteroatoms. The Kier molecular flexibility index (Phi) is 2.40. The normalized spacial score (nSPS) is 10.8. The van der Waals surface area contributed by atoms with Gasteiger partial charge in [0.1, 0.15) is 0 Å². The highest BCUT2D eigenvalue weighted by Gasteiger charge is 2.07. The van der Waals surface area contributed by atoms with Gasteiger partial charge in [0, 0.05) is 6.20 Å². The third-order valence-corrected chi connectivity index (χ3v) is 2.65. The summed E-state index contributed by atoms with van der Waals surface area (Å²) >= 11 is 0. The van der Waals surface area contributed by atoms with Crippen molar-refractivity contribution in [2.45, 2.75) is 6.92 Å². The van der Waals surface area contributed by atoms with Gasteiger partial charge in [-0.05, 0) is 24.3 Å². The van der Waals surface area contributed by atoms with E-state index in [2.05, 4.69) is 39.6 Å². The largest absolute Gasteiger partial charge is 0.240 e. The van der Waals surface area contributed by atoms with E-state index in [1.54, 1.807) is 17.9 Å². The lowest BCUT2D eigenvalue weighted by Crippen LogP contribution is -1.93. The van der Waals surface area contributed by atoms with Gasteiger partial charge in [0.05, 0.1) is 24.5 Å². The van der Waals surface area contributed by atoms with Crippen LogP contribution in [0.15, 0.2) is 36.7 Å². The molecule has 0 atom stereocenters. The average Bonchev–Trinajstić information content (AvgIpc) is 2.98. The van der Waals surface area contributed by atoms with E-state index in [0.29, 0.717) is 5.82 Å². The summed E-state index contributed by atoms with van der Waals surface area (Å²) in [5.41, 5.74) is 3.08. The predicted molar refractivity (Wildman–Crippen MR) is 66.1 cm³/mol. The van der Waals surface area contributed by atoms with Crippen molar-refractivity contribution in [3.05, 3.63) is 42.2 Å². The zero-order valence-corrected chi connectivity index (χ0v) is 10.1. The quantitative estimate of drug-likeness (QED) is 0.678. The number of hydrogen-bond acceptors (Lipinski definition) is 4. The van der Waals surface area contributed by atoms with Crippen molar-refractivity contribution < 1.29 is 0 Å². The van der Waals surface area contributed by atoms with Gasteiger partial charge in [-0.2, -0.15) is 9.90 Å². The third-order valence-electron chi connectivity index (χ3n) is 2.65. The molecule has 0 bridgehead atoms. The highest BCUT2D eigenvalue weighted by molar-refractivity contribution is 5.52. The lowest BCUT2D eigenvalue weighted by Gasteiger charge is -2.00. The van der Waals surface area contributed by atoms with Crippen LogP contribution in [0.2, 0.25) is 0 Å². The number of hydrogen-bond donors (Lipinski definition) is 0. The van der Waals surface area contributed by atoms with Gasteiger partial charge in [-0.15, -0.1) is 10.2 Å². The first-order valence-electron chi connectivity index (χ1n) is 5.58. The molecular formula is C12H12N6. The van der Waals surface area contributed by atoms with Crippen LogP contribution in [0, 0.1) is 6.92 Å². The number of aromatic nitrogens is 6.